The first-order valence-electron chi connectivity index (χ1n) is 6.33. The number of benzene rings is 1. The minimum atomic E-state index is -0.209. The first-order chi connectivity index (χ1) is 9.25. The maximum Gasteiger partial charge on any atom is 0.318 e. The third-order valence-corrected chi connectivity index (χ3v) is 3.62. The highest BCUT2D eigenvalue weighted by Crippen LogP contribution is 2.16. The number of carbonyl (C=O) groups is 1. The summed E-state index contributed by atoms with van der Waals surface area (Å²) < 4.78 is 6.42. The van der Waals surface area contributed by atoms with Crippen LogP contribution in [-0.2, 0) is 4.74 Å². The summed E-state index contributed by atoms with van der Waals surface area (Å²) in [6.45, 7) is 1.37. The summed E-state index contributed by atoms with van der Waals surface area (Å²) in [6.07, 6.45) is 5.74. The van der Waals surface area contributed by atoms with Crippen LogP contribution in [0.1, 0.15) is 18.4 Å². The molecule has 2 N–H and O–H groups in total. The van der Waals surface area contributed by atoms with E-state index < -0.39 is 0 Å². The van der Waals surface area contributed by atoms with Gasteiger partial charge in [-0.05, 0) is 30.5 Å². The van der Waals surface area contributed by atoms with Gasteiger partial charge in [-0.2, -0.15) is 0 Å². The molecule has 1 saturated heterocycles. The van der Waals surface area contributed by atoms with Crippen LogP contribution in [0.3, 0.4) is 0 Å². The molecule has 2 rings (SSSR count). The van der Waals surface area contributed by atoms with E-state index in [-0.39, 0.29) is 12.1 Å². The van der Waals surface area contributed by atoms with Crippen LogP contribution in [0, 0.1) is 0 Å². The smallest absolute Gasteiger partial charge is 0.318 e. The summed E-state index contributed by atoms with van der Waals surface area (Å²) >= 11 is 3.44. The molecule has 1 heterocycles. The molecule has 0 saturated carbocycles. The first kappa shape index (κ1) is 14.1. The Hall–Kier alpha value is -1.33. The lowest BCUT2D eigenvalue weighted by atomic mass is 10.2. The van der Waals surface area contributed by atoms with Crippen molar-refractivity contribution in [2.24, 2.45) is 0 Å². The van der Waals surface area contributed by atoms with Gasteiger partial charge in [0.1, 0.15) is 0 Å². The zero-order chi connectivity index (χ0) is 13.5. The summed E-state index contributed by atoms with van der Waals surface area (Å²) in [5.41, 5.74) is 1.02. The van der Waals surface area contributed by atoms with Crippen molar-refractivity contribution in [3.8, 4) is 0 Å². The van der Waals surface area contributed by atoms with Crippen LogP contribution in [0.2, 0.25) is 0 Å². The number of amides is 2. The van der Waals surface area contributed by atoms with E-state index in [0.717, 1.165) is 29.5 Å². The van der Waals surface area contributed by atoms with Gasteiger partial charge in [-0.15, -0.1) is 0 Å². The Morgan fingerprint density at radius 1 is 1.47 bits per heavy atom. The van der Waals surface area contributed by atoms with Gasteiger partial charge in [0, 0.05) is 23.8 Å². The third kappa shape index (κ3) is 4.69. The fourth-order valence-electron chi connectivity index (χ4n) is 1.88. The highest BCUT2D eigenvalue weighted by molar-refractivity contribution is 9.10. The second-order valence-electron chi connectivity index (χ2n) is 4.34. The number of ether oxygens (including phenoxy) is 1. The number of rotatable bonds is 4. The number of urea groups is 1. The van der Waals surface area contributed by atoms with Crippen molar-refractivity contribution < 1.29 is 9.53 Å². The molecule has 0 aromatic heterocycles. The fourth-order valence-corrected chi connectivity index (χ4v) is 2.30. The summed E-state index contributed by atoms with van der Waals surface area (Å²) in [7, 11) is 0. The maximum atomic E-state index is 11.5. The SMILES string of the molecule is O=C(N/C=C/c1ccccc1Br)NCC1CCCO1. The summed E-state index contributed by atoms with van der Waals surface area (Å²) in [6, 6.07) is 7.60. The van der Waals surface area contributed by atoms with E-state index in [4.69, 9.17) is 4.74 Å². The molecule has 1 aromatic carbocycles. The quantitative estimate of drug-likeness (QED) is 0.894. The molecule has 0 bridgehead atoms. The van der Waals surface area contributed by atoms with E-state index in [1.165, 1.54) is 0 Å². The molecule has 102 valence electrons. The molecule has 1 aliphatic heterocycles. The van der Waals surface area contributed by atoms with Crippen molar-refractivity contribution in [1.29, 1.82) is 0 Å². The van der Waals surface area contributed by atoms with E-state index in [9.17, 15) is 4.79 Å². The van der Waals surface area contributed by atoms with E-state index in [0.29, 0.717) is 6.54 Å². The molecule has 1 fully saturated rings. The highest BCUT2D eigenvalue weighted by Gasteiger charge is 2.15. The molecular formula is C14H17BrN2O2. The number of hydrogen-bond acceptors (Lipinski definition) is 2. The molecule has 19 heavy (non-hydrogen) atoms. The Bertz CT molecular complexity index is 457. The Kier molecular flexibility index (Phi) is 5.42. The van der Waals surface area contributed by atoms with Gasteiger partial charge in [-0.3, -0.25) is 0 Å². The van der Waals surface area contributed by atoms with E-state index in [2.05, 4.69) is 26.6 Å². The summed E-state index contributed by atoms with van der Waals surface area (Å²) in [5, 5.41) is 5.46. The average Bonchev–Trinajstić information content (AvgIpc) is 2.92. The van der Waals surface area contributed by atoms with Crippen LogP contribution in [0.4, 0.5) is 4.79 Å². The van der Waals surface area contributed by atoms with Gasteiger partial charge in [-0.1, -0.05) is 34.1 Å². The van der Waals surface area contributed by atoms with Gasteiger partial charge in [0.15, 0.2) is 0 Å². The molecule has 1 aromatic rings. The second-order valence-corrected chi connectivity index (χ2v) is 5.20. The summed E-state index contributed by atoms with van der Waals surface area (Å²) in [5.74, 6) is 0. The van der Waals surface area contributed by atoms with Crippen molar-refractivity contribution >= 4 is 28.0 Å². The van der Waals surface area contributed by atoms with Gasteiger partial charge in [0.25, 0.3) is 0 Å². The van der Waals surface area contributed by atoms with Crippen LogP contribution >= 0.6 is 15.9 Å². The van der Waals surface area contributed by atoms with Crippen molar-refractivity contribution in [1.82, 2.24) is 10.6 Å². The highest BCUT2D eigenvalue weighted by atomic mass is 79.9. The third-order valence-electron chi connectivity index (χ3n) is 2.90. The van der Waals surface area contributed by atoms with Gasteiger partial charge in [-0.25, -0.2) is 4.79 Å². The lowest BCUT2D eigenvalue weighted by Crippen LogP contribution is -2.37. The fraction of sp³-hybridized carbons (Fsp3) is 0.357. The summed E-state index contributed by atoms with van der Waals surface area (Å²) in [4.78, 5) is 11.5. The van der Waals surface area contributed by atoms with Crippen molar-refractivity contribution in [3.63, 3.8) is 0 Å². The number of halogens is 1. The standard InChI is InChI=1S/C14H17BrN2O2/c15-13-6-2-1-4-11(13)7-8-16-14(18)17-10-12-5-3-9-19-12/h1-2,4,6-8,12H,3,5,9-10H2,(H2,16,17,18)/b8-7+. The zero-order valence-electron chi connectivity index (χ0n) is 10.6. The van der Waals surface area contributed by atoms with Crippen molar-refractivity contribution in [2.75, 3.05) is 13.2 Å². The van der Waals surface area contributed by atoms with Crippen molar-refractivity contribution in [2.45, 2.75) is 18.9 Å². The van der Waals surface area contributed by atoms with E-state index >= 15 is 0 Å². The van der Waals surface area contributed by atoms with E-state index in [1.54, 1.807) is 6.20 Å². The first-order valence-corrected chi connectivity index (χ1v) is 7.12. The Morgan fingerprint density at radius 3 is 3.05 bits per heavy atom. The molecule has 0 aliphatic carbocycles. The van der Waals surface area contributed by atoms with Crippen LogP contribution in [0.5, 0.6) is 0 Å². The molecule has 1 aliphatic rings. The molecule has 2 amide bonds. The van der Waals surface area contributed by atoms with Gasteiger partial charge >= 0.3 is 6.03 Å². The monoisotopic (exact) mass is 324 g/mol. The minimum absolute atomic E-state index is 0.165. The maximum absolute atomic E-state index is 11.5. The second kappa shape index (κ2) is 7.31. The van der Waals surface area contributed by atoms with Gasteiger partial charge < -0.3 is 15.4 Å². The predicted octanol–water partition coefficient (Wildman–Crippen LogP) is 2.90. The lowest BCUT2D eigenvalue weighted by molar-refractivity contribution is 0.111. The van der Waals surface area contributed by atoms with Crippen LogP contribution in [0.25, 0.3) is 6.08 Å². The topological polar surface area (TPSA) is 50.4 Å². The molecule has 4 nitrogen and oxygen atoms in total. The molecule has 1 atom stereocenters. The average molecular weight is 325 g/mol. The normalized spacial score (nSPS) is 18.7. The molecule has 5 heteroatoms. The zero-order valence-corrected chi connectivity index (χ0v) is 12.2. The minimum Gasteiger partial charge on any atom is -0.376 e. The Morgan fingerprint density at radius 2 is 2.32 bits per heavy atom. The van der Waals surface area contributed by atoms with Crippen LogP contribution < -0.4 is 10.6 Å². The van der Waals surface area contributed by atoms with Crippen molar-refractivity contribution in [3.05, 3.63) is 40.5 Å². The molecule has 1 unspecified atom stereocenters. The largest absolute Gasteiger partial charge is 0.376 e. The number of nitrogens with one attached hydrogen (secondary N) is 2. The van der Waals surface area contributed by atoms with Gasteiger partial charge in [0.2, 0.25) is 0 Å². The molecule has 0 spiro atoms. The number of carbonyl (C=O) groups excluding carboxylic acids is 1. The molecular weight excluding hydrogens is 308 g/mol. The molecule has 0 radical (unpaired) electrons. The van der Waals surface area contributed by atoms with Gasteiger partial charge in [0.05, 0.1) is 6.10 Å². The van der Waals surface area contributed by atoms with E-state index in [1.807, 2.05) is 30.3 Å². The lowest BCUT2D eigenvalue weighted by Gasteiger charge is -2.10. The predicted molar refractivity (Wildman–Crippen MR) is 78.7 cm³/mol. The van der Waals surface area contributed by atoms with Crippen LogP contribution in [0.15, 0.2) is 34.9 Å². The Labute approximate surface area is 121 Å². The number of hydrogen-bond donors (Lipinski definition) is 2. The van der Waals surface area contributed by atoms with Crippen LogP contribution in [-0.4, -0.2) is 25.3 Å². The Balaban J connectivity index is 1.72.